The first-order chi connectivity index (χ1) is 12.1. The summed E-state index contributed by atoms with van der Waals surface area (Å²) < 4.78 is 6.45. The lowest BCUT2D eigenvalue weighted by atomic mass is 10.1. The molecule has 0 saturated carbocycles. The van der Waals surface area contributed by atoms with Crippen molar-refractivity contribution in [3.8, 4) is 0 Å². The number of methoxy groups -OCH3 is 1. The van der Waals surface area contributed by atoms with E-state index in [9.17, 15) is 9.59 Å². The van der Waals surface area contributed by atoms with Crippen molar-refractivity contribution >= 4 is 17.7 Å². The second-order valence-corrected chi connectivity index (χ2v) is 5.78. The molecule has 7 heteroatoms. The van der Waals surface area contributed by atoms with Crippen LogP contribution in [0.2, 0.25) is 0 Å². The van der Waals surface area contributed by atoms with Crippen LogP contribution in [-0.4, -0.2) is 34.6 Å². The van der Waals surface area contributed by atoms with Gasteiger partial charge in [0.25, 0.3) is 5.91 Å². The predicted molar refractivity (Wildman–Crippen MR) is 95.0 cm³/mol. The summed E-state index contributed by atoms with van der Waals surface area (Å²) in [7, 11) is 1.30. The molecular formula is C18H24N4O3. The predicted octanol–water partition coefficient (Wildman–Crippen LogP) is 1.98. The van der Waals surface area contributed by atoms with Crippen molar-refractivity contribution in [3.05, 3.63) is 47.9 Å². The van der Waals surface area contributed by atoms with Crippen LogP contribution < -0.4 is 11.1 Å². The maximum absolute atomic E-state index is 12.5. The molecule has 3 N–H and O–H groups in total. The molecule has 1 aromatic carbocycles. The molecule has 2 rings (SSSR count). The molecule has 1 aromatic heterocycles. The lowest BCUT2D eigenvalue weighted by molar-refractivity contribution is -0.143. The van der Waals surface area contributed by atoms with E-state index < -0.39 is 17.9 Å². The highest BCUT2D eigenvalue weighted by molar-refractivity contribution is 5.98. The van der Waals surface area contributed by atoms with E-state index in [1.807, 2.05) is 37.3 Å². The number of nitrogens with two attached hydrogens (primary N) is 1. The average molecular weight is 344 g/mol. The summed E-state index contributed by atoms with van der Waals surface area (Å²) in [5.41, 5.74) is 7.22. The van der Waals surface area contributed by atoms with Crippen molar-refractivity contribution in [3.63, 3.8) is 0 Å². The average Bonchev–Trinajstić information content (AvgIpc) is 2.99. The Kier molecular flexibility index (Phi) is 6.56. The molecule has 1 amide bonds. The number of nitrogens with one attached hydrogen (secondary N) is 1. The number of nitrogen functional groups attached to an aromatic ring is 1. The molecule has 1 heterocycles. The number of esters is 1. The smallest absolute Gasteiger partial charge is 0.328 e. The van der Waals surface area contributed by atoms with Gasteiger partial charge in [-0.15, -0.1) is 0 Å². The molecular weight excluding hydrogens is 320 g/mol. The van der Waals surface area contributed by atoms with Gasteiger partial charge in [-0.1, -0.05) is 50.1 Å². The summed E-state index contributed by atoms with van der Waals surface area (Å²) in [6.45, 7) is 2.53. The summed E-state index contributed by atoms with van der Waals surface area (Å²) in [5.74, 6) is -0.680. The largest absolute Gasteiger partial charge is 0.467 e. The zero-order valence-electron chi connectivity index (χ0n) is 14.6. The maximum atomic E-state index is 12.5. The van der Waals surface area contributed by atoms with Crippen molar-refractivity contribution in [2.24, 2.45) is 0 Å². The fraction of sp³-hybridized carbons (Fsp3) is 0.389. The number of imidazole rings is 1. The van der Waals surface area contributed by atoms with Gasteiger partial charge in [-0.05, 0) is 12.0 Å². The van der Waals surface area contributed by atoms with E-state index in [0.717, 1.165) is 18.4 Å². The minimum atomic E-state index is -0.698. The number of unbranched alkanes of at least 4 members (excludes halogenated alkanes) is 1. The van der Waals surface area contributed by atoms with Crippen molar-refractivity contribution in [2.75, 3.05) is 12.8 Å². The van der Waals surface area contributed by atoms with Crippen molar-refractivity contribution in [2.45, 2.75) is 38.8 Å². The first-order valence-corrected chi connectivity index (χ1v) is 8.30. The minimum absolute atomic E-state index is 0.112. The SMILES string of the molecule is CCCCC(NC(=O)c1ncn(Cc2ccccc2)c1N)C(=O)OC. The molecule has 0 bridgehead atoms. The molecule has 25 heavy (non-hydrogen) atoms. The fourth-order valence-corrected chi connectivity index (χ4v) is 2.50. The molecule has 2 aromatic rings. The number of carbonyl (C=O) groups excluding carboxylic acids is 2. The Labute approximate surface area is 147 Å². The number of anilines is 1. The van der Waals surface area contributed by atoms with Crippen LogP contribution in [0.25, 0.3) is 0 Å². The van der Waals surface area contributed by atoms with Gasteiger partial charge in [-0.2, -0.15) is 0 Å². The quantitative estimate of drug-likeness (QED) is 0.713. The Morgan fingerprint density at radius 2 is 2.04 bits per heavy atom. The number of rotatable bonds is 8. The van der Waals surface area contributed by atoms with E-state index in [2.05, 4.69) is 10.3 Å². The first kappa shape index (κ1) is 18.5. The molecule has 1 unspecified atom stereocenters. The highest BCUT2D eigenvalue weighted by Gasteiger charge is 2.24. The molecule has 1 atom stereocenters. The highest BCUT2D eigenvalue weighted by Crippen LogP contribution is 2.14. The summed E-state index contributed by atoms with van der Waals surface area (Å²) in [6.07, 6.45) is 3.76. The monoisotopic (exact) mass is 344 g/mol. The fourth-order valence-electron chi connectivity index (χ4n) is 2.50. The van der Waals surface area contributed by atoms with Gasteiger partial charge in [-0.3, -0.25) is 4.79 Å². The number of benzene rings is 1. The first-order valence-electron chi connectivity index (χ1n) is 8.30. The van der Waals surface area contributed by atoms with Crippen LogP contribution in [0.3, 0.4) is 0 Å². The van der Waals surface area contributed by atoms with Gasteiger partial charge in [-0.25, -0.2) is 9.78 Å². The highest BCUT2D eigenvalue weighted by atomic mass is 16.5. The molecule has 0 fully saturated rings. The summed E-state index contributed by atoms with van der Waals surface area (Å²) >= 11 is 0. The van der Waals surface area contributed by atoms with E-state index in [-0.39, 0.29) is 11.5 Å². The van der Waals surface area contributed by atoms with Crippen LogP contribution in [-0.2, 0) is 16.1 Å². The van der Waals surface area contributed by atoms with Crippen LogP contribution in [0.1, 0.15) is 42.2 Å². The molecule has 0 spiro atoms. The van der Waals surface area contributed by atoms with E-state index in [4.69, 9.17) is 10.5 Å². The zero-order chi connectivity index (χ0) is 18.2. The minimum Gasteiger partial charge on any atom is -0.467 e. The van der Waals surface area contributed by atoms with Crippen molar-refractivity contribution in [1.82, 2.24) is 14.9 Å². The van der Waals surface area contributed by atoms with Crippen molar-refractivity contribution < 1.29 is 14.3 Å². The number of nitrogens with zero attached hydrogens (tertiary/aromatic N) is 2. The summed E-state index contributed by atoms with van der Waals surface area (Å²) in [5, 5.41) is 2.67. The molecule has 0 saturated heterocycles. The van der Waals surface area contributed by atoms with Gasteiger partial charge in [0, 0.05) is 0 Å². The third-order valence-corrected chi connectivity index (χ3v) is 3.93. The van der Waals surface area contributed by atoms with Gasteiger partial charge in [0.05, 0.1) is 20.0 Å². The second-order valence-electron chi connectivity index (χ2n) is 5.78. The number of amides is 1. The van der Waals surface area contributed by atoms with Gasteiger partial charge >= 0.3 is 5.97 Å². The molecule has 0 aliphatic rings. The van der Waals surface area contributed by atoms with E-state index in [1.54, 1.807) is 4.57 Å². The van der Waals surface area contributed by atoms with Crippen LogP contribution in [0.5, 0.6) is 0 Å². The molecule has 0 radical (unpaired) electrons. The third-order valence-electron chi connectivity index (χ3n) is 3.93. The standard InChI is InChI=1S/C18H24N4O3/c1-3-4-10-14(18(24)25-2)21-17(23)15-16(19)22(12-20-15)11-13-8-6-5-7-9-13/h5-9,12,14H,3-4,10-11,19H2,1-2H3,(H,21,23). The number of aromatic nitrogens is 2. The molecule has 134 valence electrons. The van der Waals surface area contributed by atoms with Crippen LogP contribution >= 0.6 is 0 Å². The van der Waals surface area contributed by atoms with Gasteiger partial charge in [0.2, 0.25) is 0 Å². The van der Waals surface area contributed by atoms with E-state index in [0.29, 0.717) is 13.0 Å². The number of hydrogen-bond acceptors (Lipinski definition) is 5. The summed E-state index contributed by atoms with van der Waals surface area (Å²) in [4.78, 5) is 28.4. The van der Waals surface area contributed by atoms with Gasteiger partial charge in [0.15, 0.2) is 5.69 Å². The maximum Gasteiger partial charge on any atom is 0.328 e. The Morgan fingerprint density at radius 1 is 1.32 bits per heavy atom. The van der Waals surface area contributed by atoms with Crippen LogP contribution in [0, 0.1) is 0 Å². The molecule has 7 nitrogen and oxygen atoms in total. The van der Waals surface area contributed by atoms with Gasteiger partial charge < -0.3 is 20.4 Å². The number of carbonyl (C=O) groups is 2. The second kappa shape index (κ2) is 8.86. The lowest BCUT2D eigenvalue weighted by Crippen LogP contribution is -2.41. The molecule has 0 aliphatic heterocycles. The Hall–Kier alpha value is -2.83. The Morgan fingerprint density at radius 3 is 2.68 bits per heavy atom. The topological polar surface area (TPSA) is 99.2 Å². The normalized spacial score (nSPS) is 11.8. The van der Waals surface area contributed by atoms with Crippen LogP contribution in [0.15, 0.2) is 36.7 Å². The van der Waals surface area contributed by atoms with E-state index >= 15 is 0 Å². The van der Waals surface area contributed by atoms with E-state index in [1.165, 1.54) is 13.4 Å². The zero-order valence-corrected chi connectivity index (χ0v) is 14.6. The number of hydrogen-bond donors (Lipinski definition) is 2. The van der Waals surface area contributed by atoms with Crippen molar-refractivity contribution in [1.29, 1.82) is 0 Å². The molecule has 0 aliphatic carbocycles. The Bertz CT molecular complexity index is 712. The van der Waals surface area contributed by atoms with Crippen LogP contribution in [0.4, 0.5) is 5.82 Å². The summed E-state index contributed by atoms with van der Waals surface area (Å²) in [6, 6.07) is 9.04. The van der Waals surface area contributed by atoms with Gasteiger partial charge in [0.1, 0.15) is 11.9 Å². The lowest BCUT2D eigenvalue weighted by Gasteiger charge is -2.15. The number of ether oxygens (including phenoxy) is 1. The Balaban J connectivity index is 2.09. The third kappa shape index (κ3) is 4.82.